The first-order valence-corrected chi connectivity index (χ1v) is 13.1. The number of pyridine rings is 2. The molecule has 13 nitrogen and oxygen atoms in total. The number of H-pyrrole nitrogens is 2. The number of nitrogens with one attached hydrogen (secondary N) is 4. The van der Waals surface area contributed by atoms with Gasteiger partial charge in [0.15, 0.2) is 28.8 Å². The van der Waals surface area contributed by atoms with Gasteiger partial charge in [0.2, 0.25) is 11.8 Å². The van der Waals surface area contributed by atoms with Crippen molar-refractivity contribution in [3.05, 3.63) is 96.3 Å². The molecule has 0 atom stereocenters. The van der Waals surface area contributed by atoms with E-state index in [-0.39, 0.29) is 17.6 Å². The van der Waals surface area contributed by atoms with Crippen LogP contribution in [0.15, 0.2) is 85.2 Å². The lowest BCUT2D eigenvalue weighted by molar-refractivity contribution is 0.254. The molecule has 0 aliphatic heterocycles. The Hall–Kier alpha value is -6.68. The molecule has 0 aliphatic rings. The SMILES string of the molecule is N#Cc1ccc2[nH]c(ONC(=N)c3ccc4[nH]c(O)c(-c5nc6ccccn6n5)c4c3)c(-c3nc4ccccn4n3)c2c1. The maximum atomic E-state index is 10.7. The maximum Gasteiger partial charge on any atom is 0.236 e. The van der Waals surface area contributed by atoms with E-state index >= 15 is 0 Å². The molecular weight excluding hydrogens is 546 g/mol. The Morgan fingerprint density at radius 2 is 1.49 bits per heavy atom. The Labute approximate surface area is 241 Å². The van der Waals surface area contributed by atoms with E-state index in [0.29, 0.717) is 67.0 Å². The van der Waals surface area contributed by atoms with Gasteiger partial charge in [0, 0.05) is 39.8 Å². The zero-order valence-electron chi connectivity index (χ0n) is 22.1. The van der Waals surface area contributed by atoms with Crippen LogP contribution in [0.4, 0.5) is 0 Å². The lowest BCUT2D eigenvalue weighted by Gasteiger charge is -2.09. The molecule has 13 heteroatoms. The number of hydrogen-bond donors (Lipinski definition) is 5. The quantitative estimate of drug-likeness (QED) is 0.114. The first kappa shape index (κ1) is 24.1. The van der Waals surface area contributed by atoms with Crippen molar-refractivity contribution in [2.75, 3.05) is 0 Å². The summed E-state index contributed by atoms with van der Waals surface area (Å²) in [4.78, 5) is 21.3. The van der Waals surface area contributed by atoms with Gasteiger partial charge >= 0.3 is 0 Å². The van der Waals surface area contributed by atoms with Gasteiger partial charge in [-0.2, -0.15) is 5.26 Å². The number of amidine groups is 1. The van der Waals surface area contributed by atoms with E-state index in [9.17, 15) is 10.4 Å². The summed E-state index contributed by atoms with van der Waals surface area (Å²) in [5.74, 6) is 0.910. The molecule has 0 aliphatic carbocycles. The number of aromatic amines is 2. The summed E-state index contributed by atoms with van der Waals surface area (Å²) in [5.41, 5.74) is 7.32. The topological polar surface area (TPSA) is 181 Å². The third kappa shape index (κ3) is 3.90. The van der Waals surface area contributed by atoms with Crippen LogP contribution in [0.2, 0.25) is 0 Å². The summed E-state index contributed by atoms with van der Waals surface area (Å²) >= 11 is 0. The van der Waals surface area contributed by atoms with Crippen molar-refractivity contribution in [1.29, 1.82) is 10.7 Å². The zero-order valence-corrected chi connectivity index (χ0v) is 22.1. The standard InChI is InChI=1S/C30H19N11O2/c31-15-16-7-9-21-18(13-16)25(28-36-23-6-2-4-12-41(23)38-28)30(34-21)43-39-26(32)17-8-10-20-19(14-17)24(29(42)33-20)27-35-22-5-1-3-11-40(22)37-27/h1-14,33-34,42H,(H2,32,39). The molecule has 0 spiro atoms. The van der Waals surface area contributed by atoms with Gasteiger partial charge in [-0.05, 0) is 60.7 Å². The van der Waals surface area contributed by atoms with Gasteiger partial charge in [0.05, 0.1) is 22.8 Å². The van der Waals surface area contributed by atoms with Crippen molar-refractivity contribution in [3.63, 3.8) is 0 Å². The zero-order chi connectivity index (χ0) is 29.1. The molecule has 0 amide bonds. The number of aromatic nitrogens is 8. The van der Waals surface area contributed by atoms with Gasteiger partial charge in [-0.15, -0.1) is 10.2 Å². The number of rotatable bonds is 5. The monoisotopic (exact) mass is 565 g/mol. The molecule has 2 aromatic carbocycles. The van der Waals surface area contributed by atoms with Gasteiger partial charge in [0.25, 0.3) is 0 Å². The fourth-order valence-corrected chi connectivity index (χ4v) is 5.13. The molecule has 43 heavy (non-hydrogen) atoms. The molecule has 6 aromatic heterocycles. The second kappa shape index (κ2) is 9.18. The van der Waals surface area contributed by atoms with E-state index in [1.54, 1.807) is 57.8 Å². The molecule has 0 saturated heterocycles. The van der Waals surface area contributed by atoms with E-state index in [0.717, 1.165) is 0 Å². The Kier molecular flexibility index (Phi) is 5.15. The largest absolute Gasteiger partial charge is 0.494 e. The minimum absolute atomic E-state index is 0.0400. The van der Waals surface area contributed by atoms with Crippen LogP contribution in [0.25, 0.3) is 55.9 Å². The molecular formula is C30H19N11O2. The smallest absolute Gasteiger partial charge is 0.236 e. The van der Waals surface area contributed by atoms with Crippen LogP contribution >= 0.6 is 0 Å². The van der Waals surface area contributed by atoms with Crippen molar-refractivity contribution < 1.29 is 9.94 Å². The van der Waals surface area contributed by atoms with Crippen LogP contribution in [0, 0.1) is 16.7 Å². The highest BCUT2D eigenvalue weighted by Gasteiger charge is 2.22. The molecule has 0 unspecified atom stereocenters. The van der Waals surface area contributed by atoms with E-state index in [4.69, 9.17) is 10.2 Å². The number of fused-ring (bicyclic) bond motifs is 4. The normalized spacial score (nSPS) is 11.4. The number of nitriles is 1. The second-order valence-electron chi connectivity index (χ2n) is 9.77. The third-order valence-corrected chi connectivity index (χ3v) is 7.15. The van der Waals surface area contributed by atoms with Crippen LogP contribution in [-0.4, -0.2) is 50.1 Å². The summed E-state index contributed by atoms with van der Waals surface area (Å²) in [5, 5.41) is 39.4. The molecule has 6 heterocycles. The van der Waals surface area contributed by atoms with Crippen LogP contribution < -0.4 is 10.3 Å². The van der Waals surface area contributed by atoms with E-state index < -0.39 is 0 Å². The fourth-order valence-electron chi connectivity index (χ4n) is 5.13. The number of aromatic hydroxyl groups is 1. The average Bonchev–Trinajstić information content (AvgIpc) is 3.79. The molecule has 0 saturated carbocycles. The van der Waals surface area contributed by atoms with Crippen LogP contribution in [-0.2, 0) is 0 Å². The average molecular weight is 566 g/mol. The van der Waals surface area contributed by atoms with Crippen molar-refractivity contribution >= 4 is 38.9 Å². The highest BCUT2D eigenvalue weighted by Crippen LogP contribution is 2.37. The number of nitrogens with zero attached hydrogens (tertiary/aromatic N) is 7. The number of hydrogen-bond acceptors (Lipinski definition) is 8. The van der Waals surface area contributed by atoms with Crippen LogP contribution in [0.1, 0.15) is 11.1 Å². The molecule has 206 valence electrons. The first-order chi connectivity index (χ1) is 21.1. The summed E-state index contributed by atoms with van der Waals surface area (Å²) in [6.45, 7) is 0. The van der Waals surface area contributed by atoms with Crippen molar-refractivity contribution in [2.24, 2.45) is 0 Å². The van der Waals surface area contributed by atoms with E-state index in [1.807, 2.05) is 36.4 Å². The second-order valence-corrected chi connectivity index (χ2v) is 9.77. The highest BCUT2D eigenvalue weighted by molar-refractivity contribution is 6.04. The minimum Gasteiger partial charge on any atom is -0.494 e. The first-order valence-electron chi connectivity index (χ1n) is 13.1. The number of hydroxylamine groups is 1. The fraction of sp³-hybridized carbons (Fsp3) is 0. The Bertz CT molecular complexity index is 2360. The number of benzene rings is 2. The summed E-state index contributed by atoms with van der Waals surface area (Å²) in [6.07, 6.45) is 3.57. The third-order valence-electron chi connectivity index (χ3n) is 7.15. The Morgan fingerprint density at radius 3 is 2.19 bits per heavy atom. The Morgan fingerprint density at radius 1 is 0.837 bits per heavy atom. The van der Waals surface area contributed by atoms with Crippen LogP contribution in [0.3, 0.4) is 0 Å². The molecule has 0 radical (unpaired) electrons. The molecule has 5 N–H and O–H groups in total. The van der Waals surface area contributed by atoms with Gasteiger partial charge < -0.3 is 19.9 Å². The van der Waals surface area contributed by atoms with Crippen molar-refractivity contribution in [3.8, 4) is 40.6 Å². The van der Waals surface area contributed by atoms with E-state index in [2.05, 4.69) is 41.7 Å². The molecule has 8 aromatic rings. The van der Waals surface area contributed by atoms with Crippen LogP contribution in [0.5, 0.6) is 11.8 Å². The molecule has 0 fully saturated rings. The van der Waals surface area contributed by atoms with Gasteiger partial charge in [-0.3, -0.25) is 5.41 Å². The minimum atomic E-state index is -0.0711. The maximum absolute atomic E-state index is 10.7. The predicted molar refractivity (Wildman–Crippen MR) is 158 cm³/mol. The lowest BCUT2D eigenvalue weighted by Crippen LogP contribution is -2.27. The van der Waals surface area contributed by atoms with Gasteiger partial charge in [0.1, 0.15) is 0 Å². The molecule has 0 bridgehead atoms. The summed E-state index contributed by atoms with van der Waals surface area (Å²) in [7, 11) is 0. The lowest BCUT2D eigenvalue weighted by atomic mass is 10.1. The van der Waals surface area contributed by atoms with Crippen molar-refractivity contribution in [1.82, 2.24) is 44.6 Å². The summed E-state index contributed by atoms with van der Waals surface area (Å²) < 4.78 is 3.28. The van der Waals surface area contributed by atoms with Gasteiger partial charge in [-0.1, -0.05) is 12.1 Å². The van der Waals surface area contributed by atoms with Crippen molar-refractivity contribution in [2.45, 2.75) is 0 Å². The highest BCUT2D eigenvalue weighted by atomic mass is 16.7. The van der Waals surface area contributed by atoms with E-state index in [1.165, 1.54) is 0 Å². The summed E-state index contributed by atoms with van der Waals surface area (Å²) in [6, 6.07) is 23.7. The Balaban J connectivity index is 1.15. The molecule has 8 rings (SSSR count). The van der Waals surface area contributed by atoms with Gasteiger partial charge in [-0.25, -0.2) is 24.5 Å². The predicted octanol–water partition coefficient (Wildman–Crippen LogP) is 4.55.